The number of para-hydroxylation sites is 1. The summed E-state index contributed by atoms with van der Waals surface area (Å²) in [5.74, 6) is -0.0872. The molecule has 1 saturated heterocycles. The molecule has 1 fully saturated rings. The highest BCUT2D eigenvalue weighted by molar-refractivity contribution is 8.27. The Balaban J connectivity index is 1.57. The zero-order valence-corrected chi connectivity index (χ0v) is 20.1. The quantitative estimate of drug-likeness (QED) is 0.180. The number of methoxy groups -OCH3 is 1. The largest absolute Gasteiger partial charge is 0.493 e. The van der Waals surface area contributed by atoms with Gasteiger partial charge in [-0.1, -0.05) is 59.8 Å². The fourth-order valence-corrected chi connectivity index (χ4v) is 4.66. The van der Waals surface area contributed by atoms with Crippen molar-refractivity contribution in [1.29, 1.82) is 0 Å². The molecule has 1 heterocycles. The minimum atomic E-state index is -0.531. The van der Waals surface area contributed by atoms with E-state index in [4.69, 9.17) is 33.3 Å². The van der Waals surface area contributed by atoms with Gasteiger partial charge < -0.3 is 9.47 Å². The number of thiocarbonyl (C=S) groups is 1. The molecule has 0 radical (unpaired) electrons. The first-order valence-electron chi connectivity index (χ1n) is 9.87. The number of benzene rings is 3. The van der Waals surface area contributed by atoms with Crippen molar-refractivity contribution < 1.29 is 19.1 Å². The van der Waals surface area contributed by atoms with Crippen molar-refractivity contribution in [2.75, 3.05) is 12.0 Å². The summed E-state index contributed by atoms with van der Waals surface area (Å²) >= 11 is 12.6. The lowest BCUT2D eigenvalue weighted by Gasteiger charge is -2.16. The van der Waals surface area contributed by atoms with Crippen LogP contribution in [0.3, 0.4) is 0 Å². The molecule has 1 aliphatic rings. The van der Waals surface area contributed by atoms with E-state index in [-0.39, 0.29) is 11.7 Å². The first kappa shape index (κ1) is 23.0. The third-order valence-electron chi connectivity index (χ3n) is 4.92. The lowest BCUT2D eigenvalue weighted by Crippen LogP contribution is -2.28. The van der Waals surface area contributed by atoms with Crippen molar-refractivity contribution in [1.82, 2.24) is 0 Å². The number of rotatable bonds is 5. The Bertz CT molecular complexity index is 1290. The predicted octanol–water partition coefficient (Wildman–Crippen LogP) is 6.28. The lowest BCUT2D eigenvalue weighted by molar-refractivity contribution is -0.113. The topological polar surface area (TPSA) is 55.8 Å². The van der Waals surface area contributed by atoms with Gasteiger partial charge in [-0.3, -0.25) is 9.69 Å². The van der Waals surface area contributed by atoms with Crippen molar-refractivity contribution in [3.8, 4) is 11.5 Å². The van der Waals surface area contributed by atoms with Crippen LogP contribution in [0.2, 0.25) is 5.02 Å². The molecule has 1 amide bonds. The number of thioether (sulfide) groups is 1. The molecule has 8 heteroatoms. The summed E-state index contributed by atoms with van der Waals surface area (Å²) in [5, 5.41) is 0.529. The molecule has 166 valence electrons. The fraction of sp³-hybridized carbons (Fsp3) is 0.0800. The van der Waals surface area contributed by atoms with Crippen LogP contribution >= 0.6 is 35.6 Å². The molecule has 0 saturated carbocycles. The summed E-state index contributed by atoms with van der Waals surface area (Å²) in [5.41, 5.74) is 2.81. The van der Waals surface area contributed by atoms with E-state index < -0.39 is 5.97 Å². The van der Waals surface area contributed by atoms with Gasteiger partial charge in [-0.2, -0.15) is 0 Å². The maximum atomic E-state index is 13.1. The predicted molar refractivity (Wildman–Crippen MR) is 136 cm³/mol. The summed E-state index contributed by atoms with van der Waals surface area (Å²) in [6, 6.07) is 19.1. The van der Waals surface area contributed by atoms with Gasteiger partial charge in [0.15, 0.2) is 15.8 Å². The second kappa shape index (κ2) is 9.79. The third-order valence-corrected chi connectivity index (χ3v) is 6.47. The average molecular weight is 496 g/mol. The van der Waals surface area contributed by atoms with E-state index in [0.717, 1.165) is 11.3 Å². The van der Waals surface area contributed by atoms with Crippen LogP contribution in [0.5, 0.6) is 11.5 Å². The van der Waals surface area contributed by atoms with Crippen LogP contribution < -0.4 is 14.4 Å². The van der Waals surface area contributed by atoms with Gasteiger partial charge in [0, 0.05) is 5.02 Å². The Morgan fingerprint density at radius 1 is 1.06 bits per heavy atom. The minimum absolute atomic E-state index is 0.184. The average Bonchev–Trinajstić information content (AvgIpc) is 3.08. The molecule has 0 unspecified atom stereocenters. The van der Waals surface area contributed by atoms with E-state index in [1.54, 1.807) is 53.4 Å². The monoisotopic (exact) mass is 495 g/mol. The zero-order valence-electron chi connectivity index (χ0n) is 17.7. The smallest absolute Gasteiger partial charge is 0.343 e. The molecule has 0 aromatic heterocycles. The van der Waals surface area contributed by atoms with E-state index in [1.165, 1.54) is 18.9 Å². The van der Waals surface area contributed by atoms with Crippen LogP contribution in [0.1, 0.15) is 21.5 Å². The lowest BCUT2D eigenvalue weighted by atomic mass is 10.1. The minimum Gasteiger partial charge on any atom is -0.493 e. The first-order chi connectivity index (χ1) is 15.9. The highest BCUT2D eigenvalue weighted by Crippen LogP contribution is 2.38. The number of carbonyl (C=O) groups is 2. The molecule has 0 aliphatic carbocycles. The molecule has 5 nitrogen and oxygen atoms in total. The van der Waals surface area contributed by atoms with Crippen LogP contribution in [0.15, 0.2) is 71.6 Å². The van der Waals surface area contributed by atoms with Gasteiger partial charge in [-0.15, -0.1) is 0 Å². The van der Waals surface area contributed by atoms with Gasteiger partial charge in [0.25, 0.3) is 5.91 Å². The number of carbonyl (C=O) groups excluding carboxylic acids is 2. The van der Waals surface area contributed by atoms with Crippen molar-refractivity contribution in [2.45, 2.75) is 6.92 Å². The Hall–Kier alpha value is -3.13. The Morgan fingerprint density at radius 2 is 1.79 bits per heavy atom. The molecule has 1 aliphatic heterocycles. The second-order valence-corrected chi connectivity index (χ2v) is 9.22. The van der Waals surface area contributed by atoms with Crippen LogP contribution in [0, 0.1) is 6.92 Å². The van der Waals surface area contributed by atoms with E-state index in [0.29, 0.717) is 31.1 Å². The number of anilines is 1. The van der Waals surface area contributed by atoms with Crippen molar-refractivity contribution in [3.63, 3.8) is 0 Å². The third kappa shape index (κ3) is 4.95. The van der Waals surface area contributed by atoms with Crippen LogP contribution in [0.4, 0.5) is 5.69 Å². The van der Waals surface area contributed by atoms with Gasteiger partial charge in [-0.25, -0.2) is 4.79 Å². The summed E-state index contributed by atoms with van der Waals surface area (Å²) < 4.78 is 11.4. The first-order valence-corrected chi connectivity index (χ1v) is 11.5. The standard InChI is InChI=1S/C25H18ClNO4S2/c1-15-5-3-4-6-19(15)27-23(28)22(33-25(27)32)14-16-7-12-20(21(13-16)30-2)31-24(29)17-8-10-18(26)11-9-17/h3-14H,1-2H3. The van der Waals surface area contributed by atoms with Crippen molar-refractivity contribution in [2.24, 2.45) is 0 Å². The Kier molecular flexibility index (Phi) is 6.83. The van der Waals surface area contributed by atoms with Crippen LogP contribution in [-0.2, 0) is 4.79 Å². The molecule has 3 aromatic carbocycles. The van der Waals surface area contributed by atoms with Crippen LogP contribution in [0.25, 0.3) is 6.08 Å². The van der Waals surface area contributed by atoms with E-state index >= 15 is 0 Å². The van der Waals surface area contributed by atoms with Gasteiger partial charge in [-0.05, 0) is 66.6 Å². The number of hydrogen-bond donors (Lipinski definition) is 0. The molecule has 3 aromatic rings. The number of amides is 1. The fourth-order valence-electron chi connectivity index (χ4n) is 3.24. The van der Waals surface area contributed by atoms with Gasteiger partial charge in [0.1, 0.15) is 0 Å². The number of nitrogens with zero attached hydrogens (tertiary/aromatic N) is 1. The normalized spacial score (nSPS) is 14.6. The molecule has 0 spiro atoms. The molecular formula is C25H18ClNO4S2. The number of esters is 1. The highest BCUT2D eigenvalue weighted by atomic mass is 35.5. The number of hydrogen-bond acceptors (Lipinski definition) is 6. The van der Waals surface area contributed by atoms with E-state index in [9.17, 15) is 9.59 Å². The molecule has 0 N–H and O–H groups in total. The molecule has 0 bridgehead atoms. The maximum absolute atomic E-state index is 13.1. The SMILES string of the molecule is COc1cc(C=C2SC(=S)N(c3ccccc3C)C2=O)ccc1OC(=O)c1ccc(Cl)cc1. The van der Waals surface area contributed by atoms with Gasteiger partial charge in [0.2, 0.25) is 0 Å². The number of ether oxygens (including phenoxy) is 2. The van der Waals surface area contributed by atoms with Crippen molar-refractivity contribution >= 4 is 63.5 Å². The second-order valence-electron chi connectivity index (χ2n) is 7.11. The molecule has 33 heavy (non-hydrogen) atoms. The highest BCUT2D eigenvalue weighted by Gasteiger charge is 2.34. The maximum Gasteiger partial charge on any atom is 0.343 e. The molecule has 4 rings (SSSR count). The molecular weight excluding hydrogens is 478 g/mol. The Labute approximate surface area is 205 Å². The van der Waals surface area contributed by atoms with Crippen LogP contribution in [-0.4, -0.2) is 23.3 Å². The Morgan fingerprint density at radius 3 is 2.48 bits per heavy atom. The van der Waals surface area contributed by atoms with Gasteiger partial charge in [0.05, 0.1) is 23.3 Å². The molecule has 0 atom stereocenters. The zero-order chi connectivity index (χ0) is 23.5. The number of halogens is 1. The summed E-state index contributed by atoms with van der Waals surface area (Å²) in [4.78, 5) is 27.5. The summed E-state index contributed by atoms with van der Waals surface area (Å²) in [7, 11) is 1.48. The van der Waals surface area contributed by atoms with E-state index in [1.807, 2.05) is 31.2 Å². The van der Waals surface area contributed by atoms with E-state index in [2.05, 4.69) is 0 Å². The van der Waals surface area contributed by atoms with Gasteiger partial charge >= 0.3 is 5.97 Å². The summed E-state index contributed by atoms with van der Waals surface area (Å²) in [6.45, 7) is 1.94. The summed E-state index contributed by atoms with van der Waals surface area (Å²) in [6.07, 6.45) is 1.74. The number of aryl methyl sites for hydroxylation is 1. The van der Waals surface area contributed by atoms with Crippen molar-refractivity contribution in [3.05, 3.63) is 93.3 Å².